The molecule has 2 aromatic carbocycles. The molecule has 0 saturated carbocycles. The van der Waals surface area contributed by atoms with Gasteiger partial charge in [-0.2, -0.15) is 0 Å². The number of carbonyl (C=O) groups is 2. The average Bonchev–Trinajstić information content (AvgIpc) is 3.14. The summed E-state index contributed by atoms with van der Waals surface area (Å²) in [7, 11) is 0. The van der Waals surface area contributed by atoms with Crippen molar-refractivity contribution in [3.8, 4) is 11.5 Å². The van der Waals surface area contributed by atoms with E-state index in [1.165, 1.54) is 0 Å². The van der Waals surface area contributed by atoms with Gasteiger partial charge in [0.1, 0.15) is 11.5 Å². The lowest BCUT2D eigenvalue weighted by molar-refractivity contribution is -0.179. The summed E-state index contributed by atoms with van der Waals surface area (Å²) in [6.45, 7) is 0. The van der Waals surface area contributed by atoms with E-state index in [1.807, 2.05) is 66.7 Å². The number of carbonyl (C=O) groups excluding carboxylic acids is 1. The standard InChI is InChI=1S/C22H23NO5/c24-21(12-13-22(25)26)23(27)20-11-5-7-17(20)14-16-6-4-10-19(15-16)28-18-8-2-1-3-9-18/h1-10,15,17,20,27H,11-14H2,(H,25,26)/t17-,20+/m0/s1. The van der Waals surface area contributed by atoms with Crippen molar-refractivity contribution in [2.75, 3.05) is 0 Å². The maximum atomic E-state index is 12.1. The fraction of sp³-hybridized carbons (Fsp3) is 0.273. The molecule has 6 nitrogen and oxygen atoms in total. The Hall–Kier alpha value is -3.12. The minimum Gasteiger partial charge on any atom is -0.481 e. The molecule has 0 saturated heterocycles. The topological polar surface area (TPSA) is 87.1 Å². The Kier molecular flexibility index (Phi) is 6.45. The predicted octanol–water partition coefficient (Wildman–Crippen LogP) is 4.05. The van der Waals surface area contributed by atoms with Gasteiger partial charge in [-0.25, -0.2) is 5.06 Å². The Balaban J connectivity index is 1.63. The second-order valence-corrected chi connectivity index (χ2v) is 6.79. The molecule has 2 atom stereocenters. The van der Waals surface area contributed by atoms with Crippen LogP contribution in [-0.2, 0) is 16.0 Å². The third-order valence-electron chi connectivity index (χ3n) is 4.73. The second kappa shape index (κ2) is 9.19. The molecule has 0 fully saturated rings. The quantitative estimate of drug-likeness (QED) is 0.409. The maximum absolute atomic E-state index is 12.1. The van der Waals surface area contributed by atoms with Crippen molar-refractivity contribution >= 4 is 11.9 Å². The van der Waals surface area contributed by atoms with Crippen molar-refractivity contribution in [3.63, 3.8) is 0 Å². The van der Waals surface area contributed by atoms with Crippen LogP contribution in [0.5, 0.6) is 11.5 Å². The van der Waals surface area contributed by atoms with Gasteiger partial charge in [-0.1, -0.05) is 42.5 Å². The Morgan fingerprint density at radius 3 is 2.54 bits per heavy atom. The number of nitrogens with zero attached hydrogens (tertiary/aromatic N) is 1. The summed E-state index contributed by atoms with van der Waals surface area (Å²) >= 11 is 0. The first-order valence-corrected chi connectivity index (χ1v) is 9.24. The highest BCUT2D eigenvalue weighted by Gasteiger charge is 2.31. The van der Waals surface area contributed by atoms with Gasteiger partial charge in [0.15, 0.2) is 0 Å². The van der Waals surface area contributed by atoms with Crippen molar-refractivity contribution in [1.82, 2.24) is 5.06 Å². The summed E-state index contributed by atoms with van der Waals surface area (Å²) < 4.78 is 5.86. The van der Waals surface area contributed by atoms with Gasteiger partial charge < -0.3 is 9.84 Å². The predicted molar refractivity (Wildman–Crippen MR) is 103 cm³/mol. The number of amides is 1. The van der Waals surface area contributed by atoms with Crippen LogP contribution in [0.2, 0.25) is 0 Å². The molecule has 0 aromatic heterocycles. The molecule has 1 amide bonds. The first-order chi connectivity index (χ1) is 13.5. The number of carboxylic acid groups (broad SMARTS) is 1. The number of carboxylic acids is 1. The lowest BCUT2D eigenvalue weighted by Crippen LogP contribution is -2.40. The Labute approximate surface area is 163 Å². The van der Waals surface area contributed by atoms with Gasteiger partial charge in [0.2, 0.25) is 5.91 Å². The summed E-state index contributed by atoms with van der Waals surface area (Å²) in [5, 5.41) is 19.7. The molecule has 0 heterocycles. The first-order valence-electron chi connectivity index (χ1n) is 9.24. The first kappa shape index (κ1) is 19.6. The molecule has 0 radical (unpaired) electrons. The van der Waals surface area contributed by atoms with Crippen LogP contribution in [0.3, 0.4) is 0 Å². The van der Waals surface area contributed by atoms with Crippen LogP contribution >= 0.6 is 0 Å². The number of rotatable bonds is 8. The molecule has 6 heteroatoms. The summed E-state index contributed by atoms with van der Waals surface area (Å²) in [6.07, 6.45) is 4.60. The van der Waals surface area contributed by atoms with E-state index in [0.717, 1.165) is 17.1 Å². The molecular weight excluding hydrogens is 358 g/mol. The van der Waals surface area contributed by atoms with Gasteiger partial charge in [-0.3, -0.25) is 14.8 Å². The van der Waals surface area contributed by atoms with Gasteiger partial charge in [-0.05, 0) is 42.7 Å². The van der Waals surface area contributed by atoms with Crippen LogP contribution in [0.15, 0.2) is 66.7 Å². The van der Waals surface area contributed by atoms with Gasteiger partial charge in [-0.15, -0.1) is 0 Å². The van der Waals surface area contributed by atoms with E-state index < -0.39 is 11.9 Å². The lowest BCUT2D eigenvalue weighted by Gasteiger charge is -2.27. The molecular formula is C22H23NO5. The lowest BCUT2D eigenvalue weighted by atomic mass is 9.94. The molecule has 0 unspecified atom stereocenters. The van der Waals surface area contributed by atoms with Crippen LogP contribution in [0, 0.1) is 5.92 Å². The highest BCUT2D eigenvalue weighted by molar-refractivity contribution is 5.80. The van der Waals surface area contributed by atoms with Gasteiger partial charge in [0.05, 0.1) is 12.5 Å². The van der Waals surface area contributed by atoms with Crippen LogP contribution < -0.4 is 4.74 Å². The molecule has 1 aliphatic carbocycles. The second-order valence-electron chi connectivity index (χ2n) is 6.79. The number of aliphatic carboxylic acids is 1. The van der Waals surface area contributed by atoms with Crippen molar-refractivity contribution in [3.05, 3.63) is 72.3 Å². The number of para-hydroxylation sites is 1. The Morgan fingerprint density at radius 1 is 1.04 bits per heavy atom. The molecule has 2 N–H and O–H groups in total. The van der Waals surface area contributed by atoms with E-state index in [9.17, 15) is 14.8 Å². The minimum atomic E-state index is -1.06. The average molecular weight is 381 g/mol. The molecule has 0 bridgehead atoms. The largest absolute Gasteiger partial charge is 0.481 e. The van der Waals surface area contributed by atoms with E-state index in [2.05, 4.69) is 0 Å². The van der Waals surface area contributed by atoms with Crippen LogP contribution in [-0.4, -0.2) is 33.3 Å². The van der Waals surface area contributed by atoms with Crippen molar-refractivity contribution in [2.24, 2.45) is 5.92 Å². The van der Waals surface area contributed by atoms with E-state index in [-0.39, 0.29) is 24.8 Å². The van der Waals surface area contributed by atoms with E-state index >= 15 is 0 Å². The van der Waals surface area contributed by atoms with Gasteiger partial charge >= 0.3 is 5.97 Å². The molecule has 0 spiro atoms. The minimum absolute atomic E-state index is 0.0502. The molecule has 3 rings (SSSR count). The molecule has 1 aliphatic rings. The fourth-order valence-corrected chi connectivity index (χ4v) is 3.33. The van der Waals surface area contributed by atoms with Crippen LogP contribution in [0.4, 0.5) is 0 Å². The smallest absolute Gasteiger partial charge is 0.303 e. The highest BCUT2D eigenvalue weighted by Crippen LogP contribution is 2.29. The Morgan fingerprint density at radius 2 is 1.79 bits per heavy atom. The summed E-state index contributed by atoms with van der Waals surface area (Å²) in [6, 6.07) is 16.8. The monoisotopic (exact) mass is 381 g/mol. The SMILES string of the molecule is O=C(O)CCC(=O)N(O)[C@@H]1CC=C[C@H]1Cc1cccc(Oc2ccccc2)c1. The maximum Gasteiger partial charge on any atom is 0.303 e. The summed E-state index contributed by atoms with van der Waals surface area (Å²) in [4.78, 5) is 22.7. The van der Waals surface area contributed by atoms with Crippen molar-refractivity contribution in [2.45, 2.75) is 31.7 Å². The third-order valence-corrected chi connectivity index (χ3v) is 4.73. The summed E-state index contributed by atoms with van der Waals surface area (Å²) in [5.74, 6) is -0.199. The van der Waals surface area contributed by atoms with Crippen molar-refractivity contribution in [1.29, 1.82) is 0 Å². The van der Waals surface area contributed by atoms with Gasteiger partial charge in [0.25, 0.3) is 0 Å². The van der Waals surface area contributed by atoms with E-state index in [4.69, 9.17) is 9.84 Å². The number of ether oxygens (including phenoxy) is 1. The number of benzene rings is 2. The summed E-state index contributed by atoms with van der Waals surface area (Å²) in [5.41, 5.74) is 1.03. The number of hydroxylamine groups is 2. The third kappa shape index (κ3) is 5.20. The molecule has 2 aromatic rings. The van der Waals surface area contributed by atoms with Crippen LogP contribution in [0.1, 0.15) is 24.8 Å². The van der Waals surface area contributed by atoms with E-state index in [0.29, 0.717) is 17.9 Å². The Bertz CT molecular complexity index is 849. The molecule has 146 valence electrons. The fourth-order valence-electron chi connectivity index (χ4n) is 3.33. The number of hydrogen-bond acceptors (Lipinski definition) is 4. The van der Waals surface area contributed by atoms with E-state index in [1.54, 1.807) is 0 Å². The molecule has 28 heavy (non-hydrogen) atoms. The van der Waals surface area contributed by atoms with Crippen LogP contribution in [0.25, 0.3) is 0 Å². The molecule has 0 aliphatic heterocycles. The normalized spacial score (nSPS) is 18.0. The van der Waals surface area contributed by atoms with Gasteiger partial charge in [0, 0.05) is 12.3 Å². The van der Waals surface area contributed by atoms with Crippen molar-refractivity contribution < 1.29 is 24.6 Å². The zero-order valence-corrected chi connectivity index (χ0v) is 15.4. The zero-order valence-electron chi connectivity index (χ0n) is 15.4. The highest BCUT2D eigenvalue weighted by atomic mass is 16.5. The zero-order chi connectivity index (χ0) is 19.9. The number of hydrogen-bond donors (Lipinski definition) is 2.